The van der Waals surface area contributed by atoms with Crippen LogP contribution in [0.1, 0.15) is 5.56 Å². The summed E-state index contributed by atoms with van der Waals surface area (Å²) >= 11 is 12.0. The Kier molecular flexibility index (Phi) is 7.39. The molecule has 0 unspecified atom stereocenters. The molecule has 1 rings (SSSR count). The van der Waals surface area contributed by atoms with Crippen molar-refractivity contribution >= 4 is 23.2 Å². The Bertz CT molecular complexity index is 375. The Morgan fingerprint density at radius 3 is 2.67 bits per heavy atom. The maximum atomic E-state index is 8.56. The van der Waals surface area contributed by atoms with Gasteiger partial charge in [-0.05, 0) is 19.2 Å². The first-order valence-electron chi connectivity index (χ1n) is 5.63. The SMILES string of the molecule is CNCc1cc(Cl)cc(Cl)c1OCCOCCO. The van der Waals surface area contributed by atoms with Crippen LogP contribution in [0.3, 0.4) is 0 Å². The molecule has 0 saturated heterocycles. The Morgan fingerprint density at radius 1 is 1.22 bits per heavy atom. The second kappa shape index (κ2) is 8.56. The molecule has 102 valence electrons. The smallest absolute Gasteiger partial charge is 0.142 e. The van der Waals surface area contributed by atoms with Crippen molar-refractivity contribution in [3.8, 4) is 5.75 Å². The predicted molar refractivity (Wildman–Crippen MR) is 72.6 cm³/mol. The van der Waals surface area contributed by atoms with Gasteiger partial charge >= 0.3 is 0 Å². The molecule has 0 aromatic heterocycles. The van der Waals surface area contributed by atoms with E-state index in [9.17, 15) is 0 Å². The third-order valence-electron chi connectivity index (χ3n) is 2.16. The molecule has 0 amide bonds. The van der Waals surface area contributed by atoms with Gasteiger partial charge in [-0.15, -0.1) is 0 Å². The van der Waals surface area contributed by atoms with Gasteiger partial charge in [-0.25, -0.2) is 0 Å². The number of hydrogen-bond donors (Lipinski definition) is 2. The first-order chi connectivity index (χ1) is 8.69. The third kappa shape index (κ3) is 5.00. The van der Waals surface area contributed by atoms with Crippen LogP contribution in [0, 0.1) is 0 Å². The summed E-state index contributed by atoms with van der Waals surface area (Å²) in [6.45, 7) is 1.71. The summed E-state index contributed by atoms with van der Waals surface area (Å²) in [5, 5.41) is 12.6. The topological polar surface area (TPSA) is 50.7 Å². The van der Waals surface area contributed by atoms with Gasteiger partial charge in [0.05, 0.1) is 24.8 Å². The van der Waals surface area contributed by atoms with Gasteiger partial charge in [0.2, 0.25) is 0 Å². The average Bonchev–Trinajstić information content (AvgIpc) is 2.32. The van der Waals surface area contributed by atoms with Crippen LogP contribution in [0.5, 0.6) is 5.75 Å². The number of aliphatic hydroxyl groups excluding tert-OH is 1. The van der Waals surface area contributed by atoms with Crippen LogP contribution in [-0.2, 0) is 11.3 Å². The van der Waals surface area contributed by atoms with E-state index in [2.05, 4.69) is 5.32 Å². The quantitative estimate of drug-likeness (QED) is 0.721. The molecule has 0 bridgehead atoms. The Hall–Kier alpha value is -0.520. The molecule has 0 spiro atoms. The van der Waals surface area contributed by atoms with Gasteiger partial charge in [-0.2, -0.15) is 0 Å². The maximum absolute atomic E-state index is 8.56. The van der Waals surface area contributed by atoms with E-state index in [-0.39, 0.29) is 6.61 Å². The van der Waals surface area contributed by atoms with Crippen LogP contribution < -0.4 is 10.1 Å². The zero-order valence-electron chi connectivity index (χ0n) is 10.2. The monoisotopic (exact) mass is 293 g/mol. The fourth-order valence-electron chi connectivity index (χ4n) is 1.47. The largest absolute Gasteiger partial charge is 0.489 e. The van der Waals surface area contributed by atoms with Crippen LogP contribution in [-0.4, -0.2) is 38.6 Å². The van der Waals surface area contributed by atoms with E-state index in [1.807, 2.05) is 13.1 Å². The lowest BCUT2D eigenvalue weighted by Crippen LogP contribution is -2.12. The third-order valence-corrected chi connectivity index (χ3v) is 2.66. The molecule has 1 aromatic rings. The molecule has 2 N–H and O–H groups in total. The highest BCUT2D eigenvalue weighted by Crippen LogP contribution is 2.32. The van der Waals surface area contributed by atoms with Crippen molar-refractivity contribution in [1.82, 2.24) is 5.32 Å². The van der Waals surface area contributed by atoms with E-state index in [0.29, 0.717) is 42.2 Å². The van der Waals surface area contributed by atoms with Crippen LogP contribution in [0.25, 0.3) is 0 Å². The van der Waals surface area contributed by atoms with E-state index in [1.54, 1.807) is 6.07 Å². The van der Waals surface area contributed by atoms with Crippen molar-refractivity contribution in [1.29, 1.82) is 0 Å². The standard InChI is InChI=1S/C12H17Cl2NO3/c1-15-8-9-6-10(13)7-11(14)12(9)18-5-4-17-3-2-16/h6-7,15-16H,2-5,8H2,1H3. The molecule has 0 aliphatic carbocycles. The van der Waals surface area contributed by atoms with Crippen LogP contribution in [0.4, 0.5) is 0 Å². The van der Waals surface area contributed by atoms with Gasteiger partial charge < -0.3 is 19.9 Å². The van der Waals surface area contributed by atoms with Crippen molar-refractivity contribution < 1.29 is 14.6 Å². The minimum absolute atomic E-state index is 0.00665. The van der Waals surface area contributed by atoms with Crippen molar-refractivity contribution in [2.45, 2.75) is 6.54 Å². The lowest BCUT2D eigenvalue weighted by Gasteiger charge is -2.13. The Morgan fingerprint density at radius 2 is 2.00 bits per heavy atom. The summed E-state index contributed by atoms with van der Waals surface area (Å²) in [7, 11) is 1.84. The number of halogens is 2. The zero-order valence-corrected chi connectivity index (χ0v) is 11.7. The number of benzene rings is 1. The van der Waals surface area contributed by atoms with Gasteiger partial charge in [0.25, 0.3) is 0 Å². The summed E-state index contributed by atoms with van der Waals surface area (Å²) in [5.41, 5.74) is 0.900. The molecule has 0 aliphatic heterocycles. The van der Waals surface area contributed by atoms with E-state index in [1.165, 1.54) is 0 Å². The first kappa shape index (κ1) is 15.5. The number of ether oxygens (including phenoxy) is 2. The van der Waals surface area contributed by atoms with Crippen molar-refractivity contribution in [2.75, 3.05) is 33.5 Å². The number of nitrogens with one attached hydrogen (secondary N) is 1. The fourth-order valence-corrected chi connectivity index (χ4v) is 2.06. The van der Waals surface area contributed by atoms with Gasteiger partial charge in [-0.3, -0.25) is 0 Å². The van der Waals surface area contributed by atoms with Crippen LogP contribution in [0.15, 0.2) is 12.1 Å². The van der Waals surface area contributed by atoms with Gasteiger partial charge in [0.1, 0.15) is 12.4 Å². The van der Waals surface area contributed by atoms with Crippen molar-refractivity contribution in [3.05, 3.63) is 27.7 Å². The molecule has 6 heteroatoms. The summed E-state index contributed by atoms with van der Waals surface area (Å²) in [6, 6.07) is 3.46. The second-order valence-corrected chi connectivity index (χ2v) is 4.43. The highest BCUT2D eigenvalue weighted by molar-refractivity contribution is 6.35. The zero-order chi connectivity index (χ0) is 13.4. The molecule has 0 heterocycles. The van der Waals surface area contributed by atoms with E-state index in [4.69, 9.17) is 37.8 Å². The summed E-state index contributed by atoms with van der Waals surface area (Å²) < 4.78 is 10.7. The normalized spacial score (nSPS) is 10.7. The van der Waals surface area contributed by atoms with Crippen LogP contribution >= 0.6 is 23.2 Å². The van der Waals surface area contributed by atoms with Gasteiger partial charge in [-0.1, -0.05) is 23.2 Å². The summed E-state index contributed by atoms with van der Waals surface area (Å²) in [5.74, 6) is 0.614. The average molecular weight is 294 g/mol. The first-order valence-corrected chi connectivity index (χ1v) is 6.38. The Balaban J connectivity index is 2.62. The van der Waals surface area contributed by atoms with E-state index in [0.717, 1.165) is 5.56 Å². The van der Waals surface area contributed by atoms with E-state index >= 15 is 0 Å². The fraction of sp³-hybridized carbons (Fsp3) is 0.500. The minimum Gasteiger partial charge on any atom is -0.489 e. The van der Waals surface area contributed by atoms with Crippen molar-refractivity contribution in [3.63, 3.8) is 0 Å². The molecule has 0 atom stereocenters. The summed E-state index contributed by atoms with van der Waals surface area (Å²) in [4.78, 5) is 0. The number of rotatable bonds is 8. The number of hydrogen-bond acceptors (Lipinski definition) is 4. The molecule has 0 aliphatic rings. The van der Waals surface area contributed by atoms with Crippen LogP contribution in [0.2, 0.25) is 10.0 Å². The highest BCUT2D eigenvalue weighted by Gasteiger charge is 2.10. The molecule has 1 aromatic carbocycles. The van der Waals surface area contributed by atoms with Gasteiger partial charge in [0, 0.05) is 17.1 Å². The molecule has 0 fully saturated rings. The lowest BCUT2D eigenvalue weighted by molar-refractivity contribution is 0.0703. The minimum atomic E-state index is 0.00665. The van der Waals surface area contributed by atoms with Gasteiger partial charge in [0.15, 0.2) is 0 Å². The van der Waals surface area contributed by atoms with E-state index < -0.39 is 0 Å². The highest BCUT2D eigenvalue weighted by atomic mass is 35.5. The summed E-state index contributed by atoms with van der Waals surface area (Å²) in [6.07, 6.45) is 0. The number of aliphatic hydroxyl groups is 1. The maximum Gasteiger partial charge on any atom is 0.142 e. The molecule has 18 heavy (non-hydrogen) atoms. The second-order valence-electron chi connectivity index (χ2n) is 3.59. The Labute approximate surface area is 117 Å². The molecular weight excluding hydrogens is 277 g/mol. The molecular formula is C12H17Cl2NO3. The van der Waals surface area contributed by atoms with Crippen molar-refractivity contribution in [2.24, 2.45) is 0 Å². The molecule has 0 saturated carbocycles. The molecule has 4 nitrogen and oxygen atoms in total. The predicted octanol–water partition coefficient (Wildman–Crippen LogP) is 2.10. The molecule has 0 radical (unpaired) electrons. The lowest BCUT2D eigenvalue weighted by atomic mass is 10.2.